The number of hydrogen-bond donors (Lipinski definition) is 0. The second kappa shape index (κ2) is 5.79. The van der Waals surface area contributed by atoms with Crippen molar-refractivity contribution in [1.82, 2.24) is 0 Å². The van der Waals surface area contributed by atoms with Crippen molar-refractivity contribution in [2.45, 2.75) is 25.5 Å². The molecule has 0 aromatic heterocycles. The predicted octanol–water partition coefficient (Wildman–Crippen LogP) is 1.96. The van der Waals surface area contributed by atoms with Crippen molar-refractivity contribution in [3.63, 3.8) is 0 Å². The van der Waals surface area contributed by atoms with Crippen LogP contribution in [-0.2, 0) is 21.1 Å². The van der Waals surface area contributed by atoms with Gasteiger partial charge in [-0.15, -0.1) is 0 Å². The molecule has 1 atom stereocenters. The van der Waals surface area contributed by atoms with Gasteiger partial charge in [-0.3, -0.25) is 4.79 Å². The Morgan fingerprint density at radius 3 is 2.80 bits per heavy atom. The molecule has 0 spiro atoms. The molecule has 1 heterocycles. The molecule has 4 nitrogen and oxygen atoms in total. The lowest BCUT2D eigenvalue weighted by Crippen LogP contribution is -2.41. The fraction of sp³-hybridized carbons (Fsp3) is 0.400. The van der Waals surface area contributed by atoms with Gasteiger partial charge in [-0.2, -0.15) is 0 Å². The molecule has 1 aromatic rings. The molecule has 0 bridgehead atoms. The summed E-state index contributed by atoms with van der Waals surface area (Å²) in [4.78, 5) is 14.0. The van der Waals surface area contributed by atoms with Crippen LogP contribution in [0.2, 0.25) is 0 Å². The Balaban J connectivity index is 2.21. The van der Waals surface area contributed by atoms with Gasteiger partial charge in [0.05, 0.1) is 5.75 Å². The van der Waals surface area contributed by atoms with Gasteiger partial charge in [0, 0.05) is 12.2 Å². The van der Waals surface area contributed by atoms with Crippen LogP contribution in [0.1, 0.15) is 19.4 Å². The average molecular weight is 293 g/mol. The molecular weight excluding hydrogens is 274 g/mol. The number of hydrogen-bond acceptors (Lipinski definition) is 3. The standard InChI is InChI=1S/C15H19NO3S/c1-3-4-11-20(18,19)12(2)15(17)16-10-9-13-7-5-6-8-14(13)16/h3-8,12H,9-11H2,1-2H3/b4-3+. The van der Waals surface area contributed by atoms with Crippen LogP contribution >= 0.6 is 0 Å². The van der Waals surface area contributed by atoms with Crippen LogP contribution in [0, 0.1) is 0 Å². The van der Waals surface area contributed by atoms with Crippen LogP contribution in [0.5, 0.6) is 0 Å². The summed E-state index contributed by atoms with van der Waals surface area (Å²) >= 11 is 0. The zero-order valence-corrected chi connectivity index (χ0v) is 12.6. The smallest absolute Gasteiger partial charge is 0.245 e. The Hall–Kier alpha value is -1.62. The third-order valence-corrected chi connectivity index (χ3v) is 5.54. The van der Waals surface area contributed by atoms with E-state index in [0.29, 0.717) is 6.54 Å². The van der Waals surface area contributed by atoms with E-state index in [2.05, 4.69) is 0 Å². The van der Waals surface area contributed by atoms with Gasteiger partial charge in [0.25, 0.3) is 0 Å². The van der Waals surface area contributed by atoms with E-state index in [1.54, 1.807) is 24.0 Å². The lowest BCUT2D eigenvalue weighted by atomic mass is 10.2. The predicted molar refractivity (Wildman–Crippen MR) is 80.6 cm³/mol. The summed E-state index contributed by atoms with van der Waals surface area (Å²) in [5.74, 6) is -0.425. The van der Waals surface area contributed by atoms with Crippen molar-refractivity contribution in [2.75, 3.05) is 17.2 Å². The molecule has 1 unspecified atom stereocenters. The molecule has 0 radical (unpaired) electrons. The van der Waals surface area contributed by atoms with E-state index in [9.17, 15) is 13.2 Å². The SMILES string of the molecule is C/C=C/CS(=O)(=O)C(C)C(=O)N1CCc2ccccc21. The minimum absolute atomic E-state index is 0.0914. The minimum Gasteiger partial charge on any atom is -0.311 e. The maximum Gasteiger partial charge on any atom is 0.245 e. The summed E-state index contributed by atoms with van der Waals surface area (Å²) in [6, 6.07) is 7.63. The number of para-hydroxylation sites is 1. The van der Waals surface area contributed by atoms with Crippen molar-refractivity contribution < 1.29 is 13.2 Å². The lowest BCUT2D eigenvalue weighted by Gasteiger charge is -2.21. The second-order valence-corrected chi connectivity index (χ2v) is 7.28. The van der Waals surface area contributed by atoms with Crippen molar-refractivity contribution in [3.05, 3.63) is 42.0 Å². The first-order valence-corrected chi connectivity index (χ1v) is 8.41. The fourth-order valence-electron chi connectivity index (χ4n) is 2.31. The van der Waals surface area contributed by atoms with E-state index in [4.69, 9.17) is 0 Å². The molecule has 1 aromatic carbocycles. The summed E-state index contributed by atoms with van der Waals surface area (Å²) < 4.78 is 24.2. The Labute approximate surface area is 120 Å². The van der Waals surface area contributed by atoms with Gasteiger partial charge in [0.1, 0.15) is 5.25 Å². The number of benzene rings is 1. The Bertz CT molecular complexity index is 634. The fourth-order valence-corrected chi connectivity index (χ4v) is 3.50. The number of rotatable bonds is 4. The maximum absolute atomic E-state index is 12.4. The Kier molecular flexibility index (Phi) is 4.28. The number of fused-ring (bicyclic) bond motifs is 1. The molecular formula is C15H19NO3S. The van der Waals surface area contributed by atoms with Crippen LogP contribution in [0.4, 0.5) is 5.69 Å². The monoisotopic (exact) mass is 293 g/mol. The zero-order valence-electron chi connectivity index (χ0n) is 11.7. The Morgan fingerprint density at radius 2 is 2.10 bits per heavy atom. The largest absolute Gasteiger partial charge is 0.311 e. The van der Waals surface area contributed by atoms with E-state index in [1.807, 2.05) is 24.3 Å². The number of amides is 1. The molecule has 1 aliphatic heterocycles. The Morgan fingerprint density at radius 1 is 1.40 bits per heavy atom. The van der Waals surface area contributed by atoms with Gasteiger partial charge in [-0.05, 0) is 31.9 Å². The summed E-state index contributed by atoms with van der Waals surface area (Å²) in [6.45, 7) is 3.79. The van der Waals surface area contributed by atoms with E-state index in [1.165, 1.54) is 6.92 Å². The van der Waals surface area contributed by atoms with Crippen molar-refractivity contribution in [3.8, 4) is 0 Å². The normalized spacial score (nSPS) is 16.4. The van der Waals surface area contributed by atoms with Gasteiger partial charge in [0.2, 0.25) is 5.91 Å². The highest BCUT2D eigenvalue weighted by Gasteiger charge is 2.34. The third kappa shape index (κ3) is 2.77. The zero-order chi connectivity index (χ0) is 14.8. The number of allylic oxidation sites excluding steroid dienone is 1. The van der Waals surface area contributed by atoms with Crippen LogP contribution < -0.4 is 4.90 Å². The molecule has 0 saturated carbocycles. The van der Waals surface area contributed by atoms with Crippen molar-refractivity contribution in [2.24, 2.45) is 0 Å². The highest BCUT2D eigenvalue weighted by atomic mass is 32.2. The molecule has 2 rings (SSSR count). The van der Waals surface area contributed by atoms with Gasteiger partial charge in [0.15, 0.2) is 9.84 Å². The van der Waals surface area contributed by atoms with E-state index >= 15 is 0 Å². The first kappa shape index (κ1) is 14.8. The van der Waals surface area contributed by atoms with E-state index in [-0.39, 0.29) is 11.7 Å². The first-order valence-electron chi connectivity index (χ1n) is 6.69. The van der Waals surface area contributed by atoms with Gasteiger partial charge < -0.3 is 4.90 Å². The molecule has 0 N–H and O–H groups in total. The summed E-state index contributed by atoms with van der Waals surface area (Å²) in [6.07, 6.45) is 4.03. The van der Waals surface area contributed by atoms with Crippen LogP contribution in [0.15, 0.2) is 36.4 Å². The third-order valence-electron chi connectivity index (χ3n) is 3.60. The molecule has 0 fully saturated rings. The molecule has 1 amide bonds. The topological polar surface area (TPSA) is 54.5 Å². The maximum atomic E-state index is 12.4. The van der Waals surface area contributed by atoms with Gasteiger partial charge in [-0.25, -0.2) is 8.42 Å². The summed E-state index contributed by atoms with van der Waals surface area (Å²) in [5, 5.41) is -1.01. The second-order valence-electron chi connectivity index (χ2n) is 4.91. The average Bonchev–Trinajstić information content (AvgIpc) is 2.87. The van der Waals surface area contributed by atoms with Crippen LogP contribution in [-0.4, -0.2) is 31.9 Å². The highest BCUT2D eigenvalue weighted by Crippen LogP contribution is 2.28. The summed E-state index contributed by atoms with van der Waals surface area (Å²) in [7, 11) is -3.44. The molecule has 108 valence electrons. The molecule has 0 aliphatic carbocycles. The van der Waals surface area contributed by atoms with Crippen LogP contribution in [0.25, 0.3) is 0 Å². The lowest BCUT2D eigenvalue weighted by molar-refractivity contribution is -0.117. The van der Waals surface area contributed by atoms with E-state index in [0.717, 1.165) is 17.7 Å². The first-order chi connectivity index (χ1) is 9.47. The van der Waals surface area contributed by atoms with Crippen LogP contribution in [0.3, 0.4) is 0 Å². The van der Waals surface area contributed by atoms with E-state index < -0.39 is 15.1 Å². The molecule has 0 saturated heterocycles. The van der Waals surface area contributed by atoms with Gasteiger partial charge >= 0.3 is 0 Å². The van der Waals surface area contributed by atoms with Crippen molar-refractivity contribution >= 4 is 21.4 Å². The molecule has 1 aliphatic rings. The van der Waals surface area contributed by atoms with Crippen molar-refractivity contribution in [1.29, 1.82) is 0 Å². The quantitative estimate of drug-likeness (QED) is 0.797. The number of carbonyl (C=O) groups is 1. The summed E-state index contributed by atoms with van der Waals surface area (Å²) in [5.41, 5.74) is 1.93. The number of sulfone groups is 1. The molecule has 20 heavy (non-hydrogen) atoms. The number of anilines is 1. The number of carbonyl (C=O) groups excluding carboxylic acids is 1. The number of nitrogens with zero attached hydrogens (tertiary/aromatic N) is 1. The minimum atomic E-state index is -3.44. The van der Waals surface area contributed by atoms with Gasteiger partial charge in [-0.1, -0.05) is 30.4 Å². The highest BCUT2D eigenvalue weighted by molar-refractivity contribution is 7.92. The molecule has 5 heteroatoms.